The number of methoxy groups -OCH3 is 1. The van der Waals surface area contributed by atoms with Gasteiger partial charge in [0.05, 0.1) is 12.7 Å². The molecule has 1 saturated carbocycles. The maximum absolute atomic E-state index is 13.2. The molecule has 32 heavy (non-hydrogen) atoms. The minimum atomic E-state index is -0.606. The van der Waals surface area contributed by atoms with Crippen LogP contribution in [0.2, 0.25) is 5.02 Å². The summed E-state index contributed by atoms with van der Waals surface area (Å²) in [5.41, 5.74) is 1.73. The van der Waals surface area contributed by atoms with Crippen LogP contribution in [0.5, 0.6) is 5.75 Å². The maximum atomic E-state index is 13.2. The van der Waals surface area contributed by atoms with E-state index in [0.29, 0.717) is 27.9 Å². The number of piperidine rings is 1. The van der Waals surface area contributed by atoms with Crippen molar-refractivity contribution in [3.63, 3.8) is 0 Å². The molecule has 6 nitrogen and oxygen atoms in total. The molecule has 2 fully saturated rings. The predicted molar refractivity (Wildman–Crippen MR) is 124 cm³/mol. The molecule has 0 aromatic heterocycles. The maximum Gasteiger partial charge on any atom is 0.411 e. The Kier molecular flexibility index (Phi) is 7.20. The minimum Gasteiger partial charge on any atom is -0.496 e. The summed E-state index contributed by atoms with van der Waals surface area (Å²) in [5, 5.41) is 3.22. The third-order valence-corrected chi connectivity index (χ3v) is 6.94. The first-order valence-electron chi connectivity index (χ1n) is 11.2. The van der Waals surface area contributed by atoms with Crippen molar-refractivity contribution in [2.24, 2.45) is 11.8 Å². The van der Waals surface area contributed by atoms with Crippen molar-refractivity contribution < 1.29 is 19.1 Å². The van der Waals surface area contributed by atoms with Crippen LogP contribution >= 0.6 is 11.6 Å². The van der Waals surface area contributed by atoms with Gasteiger partial charge in [0.2, 0.25) is 0 Å². The number of likely N-dealkylation sites (tertiary alicyclic amines) is 1. The Morgan fingerprint density at radius 2 is 1.88 bits per heavy atom. The molecule has 1 aliphatic carbocycles. The number of benzene rings is 2. The fraction of sp³-hybridized carbons (Fsp3) is 0.440. The first kappa shape index (κ1) is 22.5. The number of carbonyl (C=O) groups is 2. The second kappa shape index (κ2) is 10.3. The first-order chi connectivity index (χ1) is 15.5. The van der Waals surface area contributed by atoms with E-state index in [9.17, 15) is 9.59 Å². The number of amides is 2. The quantitative estimate of drug-likeness (QED) is 0.622. The van der Waals surface area contributed by atoms with Gasteiger partial charge < -0.3 is 14.4 Å². The Morgan fingerprint density at radius 3 is 2.66 bits per heavy atom. The largest absolute Gasteiger partial charge is 0.496 e. The normalized spacial score (nSPS) is 20.2. The molecule has 2 aromatic rings. The Balaban J connectivity index is 1.38. The van der Waals surface area contributed by atoms with Crippen LogP contribution in [0.25, 0.3) is 0 Å². The number of halogens is 1. The van der Waals surface area contributed by atoms with Gasteiger partial charge in [0, 0.05) is 35.4 Å². The van der Waals surface area contributed by atoms with Crippen molar-refractivity contribution >= 4 is 29.3 Å². The molecule has 0 unspecified atom stereocenters. The summed E-state index contributed by atoms with van der Waals surface area (Å²) in [6.45, 7) is 1.68. The van der Waals surface area contributed by atoms with E-state index in [-0.39, 0.29) is 12.5 Å². The summed E-state index contributed by atoms with van der Waals surface area (Å²) >= 11 is 6.09. The van der Waals surface area contributed by atoms with Crippen LogP contribution in [-0.2, 0) is 11.3 Å². The Hall–Kier alpha value is -2.73. The lowest BCUT2D eigenvalue weighted by atomic mass is 9.75. The molecular formula is C25H29ClN2O4. The van der Waals surface area contributed by atoms with Gasteiger partial charge in [-0.2, -0.15) is 0 Å². The summed E-state index contributed by atoms with van der Waals surface area (Å²) in [6.07, 6.45) is 5.56. The van der Waals surface area contributed by atoms with Gasteiger partial charge in [0.25, 0.3) is 5.91 Å². The topological polar surface area (TPSA) is 67.9 Å². The van der Waals surface area contributed by atoms with Crippen molar-refractivity contribution in [2.45, 2.75) is 38.7 Å². The highest BCUT2D eigenvalue weighted by molar-refractivity contribution is 6.31. The van der Waals surface area contributed by atoms with E-state index >= 15 is 0 Å². The molecule has 0 bridgehead atoms. The number of anilines is 1. The SMILES string of the molecule is COc1cc(NC(=O)OCc2ccccc2Cl)ccc1C(=O)N1CC[C@H]2CCCC[C@H]2C1. The number of ether oxygens (including phenoxy) is 2. The number of hydrogen-bond acceptors (Lipinski definition) is 4. The predicted octanol–water partition coefficient (Wildman–Crippen LogP) is 5.75. The summed E-state index contributed by atoms with van der Waals surface area (Å²) in [4.78, 5) is 27.4. The van der Waals surface area contributed by atoms with Crippen LogP contribution in [0.4, 0.5) is 10.5 Å². The summed E-state index contributed by atoms with van der Waals surface area (Å²) in [5.74, 6) is 1.79. The van der Waals surface area contributed by atoms with Crippen molar-refractivity contribution in [1.29, 1.82) is 0 Å². The number of fused-ring (bicyclic) bond motifs is 1. The minimum absolute atomic E-state index is 0.0151. The van der Waals surface area contributed by atoms with Crippen molar-refractivity contribution in [2.75, 3.05) is 25.5 Å². The third kappa shape index (κ3) is 5.18. The van der Waals surface area contributed by atoms with Gasteiger partial charge >= 0.3 is 6.09 Å². The van der Waals surface area contributed by atoms with Gasteiger partial charge in [0.1, 0.15) is 12.4 Å². The number of hydrogen-bond donors (Lipinski definition) is 1. The van der Waals surface area contributed by atoms with Crippen molar-refractivity contribution in [1.82, 2.24) is 4.90 Å². The van der Waals surface area contributed by atoms with E-state index in [1.54, 1.807) is 30.3 Å². The highest BCUT2D eigenvalue weighted by atomic mass is 35.5. The van der Waals surface area contributed by atoms with E-state index < -0.39 is 6.09 Å². The summed E-state index contributed by atoms with van der Waals surface area (Å²) in [7, 11) is 1.53. The highest BCUT2D eigenvalue weighted by Crippen LogP contribution is 2.37. The van der Waals surface area contributed by atoms with Gasteiger partial charge in [-0.15, -0.1) is 0 Å². The molecule has 1 heterocycles. The number of carbonyl (C=O) groups excluding carboxylic acids is 2. The number of nitrogens with one attached hydrogen (secondary N) is 1. The summed E-state index contributed by atoms with van der Waals surface area (Å²) in [6, 6.07) is 12.2. The number of nitrogens with zero attached hydrogens (tertiary/aromatic N) is 1. The highest BCUT2D eigenvalue weighted by Gasteiger charge is 2.33. The fourth-order valence-electron chi connectivity index (χ4n) is 4.81. The lowest BCUT2D eigenvalue weighted by molar-refractivity contribution is 0.0518. The second-order valence-electron chi connectivity index (χ2n) is 8.55. The van der Waals surface area contributed by atoms with Crippen LogP contribution < -0.4 is 10.1 Å². The zero-order valence-electron chi connectivity index (χ0n) is 18.3. The van der Waals surface area contributed by atoms with E-state index in [1.165, 1.54) is 32.8 Å². The third-order valence-electron chi connectivity index (χ3n) is 6.57. The van der Waals surface area contributed by atoms with Crippen molar-refractivity contribution in [3.8, 4) is 5.75 Å². The molecular weight excluding hydrogens is 428 g/mol. The van der Waals surface area contributed by atoms with E-state index in [2.05, 4.69) is 5.32 Å². The zero-order chi connectivity index (χ0) is 22.5. The van der Waals surface area contributed by atoms with Gasteiger partial charge in [-0.3, -0.25) is 10.1 Å². The van der Waals surface area contributed by atoms with Crippen LogP contribution in [0.3, 0.4) is 0 Å². The van der Waals surface area contributed by atoms with Crippen LogP contribution in [0.1, 0.15) is 48.0 Å². The molecule has 2 atom stereocenters. The van der Waals surface area contributed by atoms with E-state index in [0.717, 1.165) is 31.0 Å². The molecule has 2 aliphatic rings. The molecule has 2 amide bonds. The van der Waals surface area contributed by atoms with Gasteiger partial charge in [-0.25, -0.2) is 4.79 Å². The smallest absolute Gasteiger partial charge is 0.411 e. The average molecular weight is 457 g/mol. The first-order valence-corrected chi connectivity index (χ1v) is 11.6. The molecule has 7 heteroatoms. The van der Waals surface area contributed by atoms with Crippen molar-refractivity contribution in [3.05, 3.63) is 58.6 Å². The zero-order valence-corrected chi connectivity index (χ0v) is 19.1. The molecule has 2 aromatic carbocycles. The van der Waals surface area contributed by atoms with Gasteiger partial charge in [0.15, 0.2) is 0 Å². The monoisotopic (exact) mass is 456 g/mol. The Bertz CT molecular complexity index is 980. The number of rotatable bonds is 5. The molecule has 1 aliphatic heterocycles. The molecule has 1 saturated heterocycles. The Morgan fingerprint density at radius 1 is 1.09 bits per heavy atom. The molecule has 0 spiro atoms. The van der Waals surface area contributed by atoms with E-state index in [4.69, 9.17) is 21.1 Å². The molecule has 170 valence electrons. The lowest BCUT2D eigenvalue weighted by Gasteiger charge is -2.41. The van der Waals surface area contributed by atoms with Gasteiger partial charge in [-0.05, 0) is 42.9 Å². The lowest BCUT2D eigenvalue weighted by Crippen LogP contribution is -2.44. The molecule has 1 N–H and O–H groups in total. The fourth-order valence-corrected chi connectivity index (χ4v) is 5.00. The van der Waals surface area contributed by atoms with Crippen LogP contribution in [0, 0.1) is 11.8 Å². The van der Waals surface area contributed by atoms with Crippen LogP contribution in [0.15, 0.2) is 42.5 Å². The van der Waals surface area contributed by atoms with E-state index in [1.807, 2.05) is 17.0 Å². The van der Waals surface area contributed by atoms with Gasteiger partial charge in [-0.1, -0.05) is 49.1 Å². The standard InChI is InChI=1S/C25H29ClN2O4/c1-31-23-14-20(27-25(30)32-16-19-8-4-5-9-22(19)26)10-11-21(23)24(29)28-13-12-17-6-2-3-7-18(17)15-28/h4-5,8-11,14,17-18H,2-3,6-7,12-13,15-16H2,1H3,(H,27,30)/t17-,18+/m1/s1. The molecule has 4 rings (SSSR count). The Labute approximate surface area is 193 Å². The summed E-state index contributed by atoms with van der Waals surface area (Å²) < 4.78 is 10.7. The average Bonchev–Trinajstić information content (AvgIpc) is 2.82. The van der Waals surface area contributed by atoms with Crippen LogP contribution in [-0.4, -0.2) is 37.1 Å². The second-order valence-corrected chi connectivity index (χ2v) is 8.96. The molecule has 0 radical (unpaired) electrons.